The van der Waals surface area contributed by atoms with E-state index in [-0.39, 0.29) is 11.4 Å². The summed E-state index contributed by atoms with van der Waals surface area (Å²) in [6.07, 6.45) is 1.08. The number of benzene rings is 2. The highest BCUT2D eigenvalue weighted by atomic mass is 32.2. The first-order valence-electron chi connectivity index (χ1n) is 8.60. The molecule has 0 aliphatic rings. The molecule has 0 saturated carbocycles. The molecule has 0 bridgehead atoms. The minimum Gasteiger partial charge on any atom is -0.320 e. The third-order valence-electron chi connectivity index (χ3n) is 4.33. The normalized spacial score (nSPS) is 12.1. The number of rotatable bonds is 6. The van der Waals surface area contributed by atoms with Crippen molar-refractivity contribution in [1.82, 2.24) is 10.2 Å². The Bertz CT molecular complexity index is 1020. The van der Waals surface area contributed by atoms with Gasteiger partial charge in [-0.05, 0) is 43.2 Å². The Morgan fingerprint density at radius 2 is 2.11 bits per heavy atom. The topological polar surface area (TPSA) is 101 Å². The maximum Gasteiger partial charge on any atom is 0.276 e. The van der Waals surface area contributed by atoms with Crippen LogP contribution in [0, 0.1) is 17.0 Å². The van der Waals surface area contributed by atoms with E-state index in [1.54, 1.807) is 17.8 Å². The van der Waals surface area contributed by atoms with Gasteiger partial charge in [0, 0.05) is 33.4 Å². The lowest BCUT2D eigenvalue weighted by atomic mass is 10.1. The monoisotopic (exact) mass is 384 g/mol. The van der Waals surface area contributed by atoms with Crippen molar-refractivity contribution in [3.8, 4) is 0 Å². The van der Waals surface area contributed by atoms with Gasteiger partial charge in [-0.2, -0.15) is 5.10 Å². The zero-order valence-electron chi connectivity index (χ0n) is 15.3. The van der Waals surface area contributed by atoms with Crippen LogP contribution in [0.2, 0.25) is 0 Å². The molecule has 2 aromatic carbocycles. The fraction of sp³-hybridized carbons (Fsp3) is 0.263. The van der Waals surface area contributed by atoms with E-state index in [1.807, 2.05) is 25.1 Å². The van der Waals surface area contributed by atoms with Gasteiger partial charge in [0.25, 0.3) is 11.6 Å². The number of aromatic nitrogens is 2. The third-order valence-corrected chi connectivity index (χ3v) is 5.59. The van der Waals surface area contributed by atoms with Gasteiger partial charge in [-0.25, -0.2) is 0 Å². The number of nitrogens with zero attached hydrogens (tertiary/aromatic N) is 2. The Hall–Kier alpha value is -2.87. The van der Waals surface area contributed by atoms with Crippen LogP contribution in [0.3, 0.4) is 0 Å². The van der Waals surface area contributed by atoms with Crippen LogP contribution >= 0.6 is 11.8 Å². The van der Waals surface area contributed by atoms with Crippen LogP contribution in [-0.4, -0.2) is 26.3 Å². The van der Waals surface area contributed by atoms with E-state index in [0.29, 0.717) is 21.8 Å². The average Bonchev–Trinajstić information content (AvgIpc) is 3.07. The van der Waals surface area contributed by atoms with Crippen molar-refractivity contribution in [1.29, 1.82) is 0 Å². The number of nitro groups is 1. The predicted molar refractivity (Wildman–Crippen MR) is 107 cm³/mol. The minimum absolute atomic E-state index is 0.0828. The molecular formula is C19H20N4O3S. The van der Waals surface area contributed by atoms with Gasteiger partial charge in [0.1, 0.15) is 0 Å². The molecule has 0 fully saturated rings. The van der Waals surface area contributed by atoms with Crippen LogP contribution in [0.1, 0.15) is 36.3 Å². The number of non-ortho nitro benzene ring substituents is 1. The van der Waals surface area contributed by atoms with Gasteiger partial charge in [0.2, 0.25) is 0 Å². The fourth-order valence-corrected chi connectivity index (χ4v) is 3.66. The molecule has 1 amide bonds. The van der Waals surface area contributed by atoms with Crippen molar-refractivity contribution in [2.24, 2.45) is 0 Å². The average molecular weight is 384 g/mol. The molecule has 140 valence electrons. The maximum absolute atomic E-state index is 12.7. The van der Waals surface area contributed by atoms with Crippen LogP contribution in [0.25, 0.3) is 10.9 Å². The summed E-state index contributed by atoms with van der Waals surface area (Å²) in [5, 5.41) is 21.5. The van der Waals surface area contributed by atoms with Crippen LogP contribution in [-0.2, 0) is 0 Å². The number of H-pyrrole nitrogens is 1. The molecule has 0 spiro atoms. The van der Waals surface area contributed by atoms with Gasteiger partial charge in [0.15, 0.2) is 5.69 Å². The molecule has 0 aliphatic carbocycles. The summed E-state index contributed by atoms with van der Waals surface area (Å²) in [6, 6.07) is 10.2. The van der Waals surface area contributed by atoms with Crippen molar-refractivity contribution >= 4 is 39.9 Å². The van der Waals surface area contributed by atoms with E-state index in [9.17, 15) is 14.9 Å². The third kappa shape index (κ3) is 4.11. The van der Waals surface area contributed by atoms with E-state index in [1.165, 1.54) is 12.1 Å². The van der Waals surface area contributed by atoms with Gasteiger partial charge < -0.3 is 5.32 Å². The van der Waals surface area contributed by atoms with Gasteiger partial charge in [-0.15, -0.1) is 11.8 Å². The van der Waals surface area contributed by atoms with Crippen LogP contribution in [0.15, 0.2) is 41.3 Å². The van der Waals surface area contributed by atoms with E-state index < -0.39 is 10.8 Å². The molecule has 27 heavy (non-hydrogen) atoms. The molecule has 1 unspecified atom stereocenters. The van der Waals surface area contributed by atoms with E-state index in [4.69, 9.17) is 0 Å². The number of anilines is 1. The zero-order valence-corrected chi connectivity index (χ0v) is 16.1. The van der Waals surface area contributed by atoms with Crippen molar-refractivity contribution in [3.05, 3.63) is 57.8 Å². The fourth-order valence-electron chi connectivity index (χ4n) is 2.64. The number of fused-ring (bicyclic) bond motifs is 1. The Kier molecular flexibility index (Phi) is 5.46. The largest absolute Gasteiger partial charge is 0.320 e. The number of carbonyl (C=O) groups is 1. The van der Waals surface area contributed by atoms with Crippen molar-refractivity contribution in [2.75, 3.05) is 5.32 Å². The number of hydrogen-bond acceptors (Lipinski definition) is 5. The molecule has 0 aliphatic heterocycles. The molecule has 1 heterocycles. The molecule has 1 atom stereocenters. The Morgan fingerprint density at radius 3 is 2.78 bits per heavy atom. The summed E-state index contributed by atoms with van der Waals surface area (Å²) in [7, 11) is 0. The van der Waals surface area contributed by atoms with Gasteiger partial charge in [-0.1, -0.05) is 13.8 Å². The van der Waals surface area contributed by atoms with Crippen molar-refractivity contribution in [2.45, 2.75) is 37.3 Å². The summed E-state index contributed by atoms with van der Waals surface area (Å²) in [5.41, 5.74) is 2.26. The first-order chi connectivity index (χ1) is 12.9. The highest BCUT2D eigenvalue weighted by Crippen LogP contribution is 2.29. The number of carbonyl (C=O) groups excluding carboxylic acids is 1. The summed E-state index contributed by atoms with van der Waals surface area (Å²) >= 11 is 1.80. The quantitative estimate of drug-likeness (QED) is 0.357. The molecule has 8 heteroatoms. The summed E-state index contributed by atoms with van der Waals surface area (Å²) < 4.78 is 0. The minimum atomic E-state index is -0.494. The van der Waals surface area contributed by atoms with Crippen LogP contribution in [0.5, 0.6) is 0 Å². The van der Waals surface area contributed by atoms with Gasteiger partial charge in [-0.3, -0.25) is 20.0 Å². The number of amides is 1. The SMILES string of the molecule is CCC(C)Sc1ccc(NC(=O)c2n[nH]c3ccc([N+](=O)[O-])cc23)c(C)c1. The predicted octanol–water partition coefficient (Wildman–Crippen LogP) is 4.92. The molecule has 0 radical (unpaired) electrons. The molecule has 2 N–H and O–H groups in total. The molecule has 1 aromatic heterocycles. The highest BCUT2D eigenvalue weighted by molar-refractivity contribution is 7.99. The van der Waals surface area contributed by atoms with E-state index >= 15 is 0 Å². The number of aromatic amines is 1. The number of aryl methyl sites for hydroxylation is 1. The Labute approximate surface area is 160 Å². The second-order valence-electron chi connectivity index (χ2n) is 6.33. The highest BCUT2D eigenvalue weighted by Gasteiger charge is 2.18. The van der Waals surface area contributed by atoms with Gasteiger partial charge in [0.05, 0.1) is 10.4 Å². The van der Waals surface area contributed by atoms with Crippen LogP contribution in [0.4, 0.5) is 11.4 Å². The van der Waals surface area contributed by atoms with Gasteiger partial charge >= 0.3 is 0 Å². The number of thioether (sulfide) groups is 1. The van der Waals surface area contributed by atoms with E-state index in [0.717, 1.165) is 16.9 Å². The number of nitrogens with one attached hydrogen (secondary N) is 2. The number of hydrogen-bond donors (Lipinski definition) is 2. The smallest absolute Gasteiger partial charge is 0.276 e. The van der Waals surface area contributed by atoms with E-state index in [2.05, 4.69) is 29.4 Å². The Morgan fingerprint density at radius 1 is 1.33 bits per heavy atom. The lowest BCUT2D eigenvalue weighted by Gasteiger charge is -2.12. The molecular weight excluding hydrogens is 364 g/mol. The first kappa shape index (κ1) is 18.9. The zero-order chi connectivity index (χ0) is 19.6. The lowest BCUT2D eigenvalue weighted by molar-refractivity contribution is -0.384. The molecule has 3 rings (SSSR count). The first-order valence-corrected chi connectivity index (χ1v) is 9.48. The molecule has 3 aromatic rings. The summed E-state index contributed by atoms with van der Waals surface area (Å²) in [5.74, 6) is -0.410. The van der Waals surface area contributed by atoms with Crippen LogP contribution < -0.4 is 5.32 Å². The second kappa shape index (κ2) is 7.79. The maximum atomic E-state index is 12.7. The Balaban J connectivity index is 1.84. The molecule has 0 saturated heterocycles. The van der Waals surface area contributed by atoms with Crippen molar-refractivity contribution < 1.29 is 9.72 Å². The molecule has 7 nitrogen and oxygen atoms in total. The number of nitro benzene ring substituents is 1. The summed E-state index contributed by atoms with van der Waals surface area (Å²) in [4.78, 5) is 24.3. The standard InChI is InChI=1S/C19H20N4O3S/c1-4-12(3)27-14-6-8-16(11(2)9-14)20-19(24)18-15-10-13(23(25)26)5-7-17(15)21-22-18/h5-10,12H,4H2,1-3H3,(H,20,24)(H,21,22). The van der Waals surface area contributed by atoms with Crippen molar-refractivity contribution in [3.63, 3.8) is 0 Å². The second-order valence-corrected chi connectivity index (χ2v) is 7.84. The lowest BCUT2D eigenvalue weighted by Crippen LogP contribution is -2.13. The summed E-state index contributed by atoms with van der Waals surface area (Å²) in [6.45, 7) is 6.26.